The molecule has 1 N–H and O–H groups in total. The molecule has 0 heterocycles. The smallest absolute Gasteiger partial charge is 0.123 e. The molecule has 0 saturated carbocycles. The summed E-state index contributed by atoms with van der Waals surface area (Å²) in [6, 6.07) is 4.92. The average Bonchev–Trinajstić information content (AvgIpc) is 2.14. The Hall–Kier alpha value is -1.09. The fourth-order valence-electron chi connectivity index (χ4n) is 1.45. The van der Waals surface area contributed by atoms with E-state index in [0.717, 1.165) is 24.2 Å². The zero-order valence-corrected chi connectivity index (χ0v) is 8.97. The van der Waals surface area contributed by atoms with Crippen molar-refractivity contribution in [2.45, 2.75) is 6.42 Å². The first-order valence-electron chi connectivity index (χ1n) is 4.75. The lowest BCUT2D eigenvalue weighted by Gasteiger charge is -2.17. The Morgan fingerprint density at radius 3 is 2.64 bits per heavy atom. The van der Waals surface area contributed by atoms with Gasteiger partial charge in [-0.2, -0.15) is 0 Å². The summed E-state index contributed by atoms with van der Waals surface area (Å²) in [6.07, 6.45) is 0.849. The molecule has 0 aromatic heterocycles. The van der Waals surface area contributed by atoms with E-state index < -0.39 is 0 Å². The number of likely N-dealkylation sites (N-methyl/N-ethyl adjacent to an activating group) is 1. The number of benzene rings is 1. The van der Waals surface area contributed by atoms with Crippen LogP contribution in [0.15, 0.2) is 18.2 Å². The van der Waals surface area contributed by atoms with E-state index in [-0.39, 0.29) is 5.82 Å². The average molecular weight is 196 g/mol. The number of halogens is 1. The van der Waals surface area contributed by atoms with Crippen LogP contribution in [-0.4, -0.2) is 27.7 Å². The number of nitrogens with zero attached hydrogens (tertiary/aromatic N) is 1. The highest BCUT2D eigenvalue weighted by Crippen LogP contribution is 2.19. The Bertz CT molecular complexity index is 297. The second-order valence-corrected chi connectivity index (χ2v) is 3.52. The van der Waals surface area contributed by atoms with Crippen LogP contribution in [0.1, 0.15) is 5.56 Å². The molecule has 2 nitrogen and oxygen atoms in total. The van der Waals surface area contributed by atoms with Gasteiger partial charge in [-0.05, 0) is 43.8 Å². The Labute approximate surface area is 84.7 Å². The zero-order valence-electron chi connectivity index (χ0n) is 8.97. The molecule has 0 aliphatic rings. The van der Waals surface area contributed by atoms with E-state index in [1.165, 1.54) is 6.07 Å². The molecule has 0 amide bonds. The van der Waals surface area contributed by atoms with Crippen molar-refractivity contribution in [3.63, 3.8) is 0 Å². The fourth-order valence-corrected chi connectivity index (χ4v) is 1.45. The number of anilines is 1. The maximum atomic E-state index is 13.0. The minimum absolute atomic E-state index is 0.165. The van der Waals surface area contributed by atoms with Gasteiger partial charge in [0.25, 0.3) is 0 Å². The van der Waals surface area contributed by atoms with Crippen molar-refractivity contribution in [3.05, 3.63) is 29.6 Å². The molecule has 0 atom stereocenters. The summed E-state index contributed by atoms with van der Waals surface area (Å²) in [5.41, 5.74) is 2.13. The second-order valence-electron chi connectivity index (χ2n) is 3.52. The standard InChI is InChI=1S/C11H17FN2/c1-13-7-6-9-8-10(12)4-5-11(9)14(2)3/h4-5,8,13H,6-7H2,1-3H3. The molecular formula is C11H17FN2. The first-order chi connectivity index (χ1) is 6.65. The Balaban J connectivity index is 2.91. The first-order valence-corrected chi connectivity index (χ1v) is 4.75. The lowest BCUT2D eigenvalue weighted by atomic mass is 10.1. The molecule has 1 aromatic rings. The van der Waals surface area contributed by atoms with E-state index >= 15 is 0 Å². The van der Waals surface area contributed by atoms with Crippen LogP contribution in [0.2, 0.25) is 0 Å². The molecule has 0 fully saturated rings. The highest BCUT2D eigenvalue weighted by Gasteiger charge is 2.05. The van der Waals surface area contributed by atoms with E-state index in [4.69, 9.17) is 0 Å². The van der Waals surface area contributed by atoms with E-state index in [1.807, 2.05) is 32.1 Å². The van der Waals surface area contributed by atoms with Crippen LogP contribution in [0.25, 0.3) is 0 Å². The van der Waals surface area contributed by atoms with Gasteiger partial charge in [0.05, 0.1) is 0 Å². The molecule has 0 bridgehead atoms. The molecule has 0 spiro atoms. The monoisotopic (exact) mass is 196 g/mol. The predicted octanol–water partition coefficient (Wildman–Crippen LogP) is 1.65. The van der Waals surface area contributed by atoms with Crippen molar-refractivity contribution in [1.29, 1.82) is 0 Å². The lowest BCUT2D eigenvalue weighted by Crippen LogP contribution is -2.15. The maximum absolute atomic E-state index is 13.0. The maximum Gasteiger partial charge on any atom is 0.123 e. The van der Waals surface area contributed by atoms with E-state index in [1.54, 1.807) is 6.07 Å². The summed E-state index contributed by atoms with van der Waals surface area (Å²) in [7, 11) is 5.83. The van der Waals surface area contributed by atoms with Gasteiger partial charge in [0.15, 0.2) is 0 Å². The number of hydrogen-bond donors (Lipinski definition) is 1. The van der Waals surface area contributed by atoms with Gasteiger partial charge < -0.3 is 10.2 Å². The molecule has 3 heteroatoms. The molecule has 0 aliphatic heterocycles. The van der Waals surface area contributed by atoms with Gasteiger partial charge in [-0.1, -0.05) is 0 Å². The third-order valence-electron chi connectivity index (χ3n) is 2.17. The van der Waals surface area contributed by atoms with Crippen molar-refractivity contribution in [2.75, 3.05) is 32.6 Å². The second kappa shape index (κ2) is 4.96. The molecule has 0 radical (unpaired) electrons. The molecule has 0 saturated heterocycles. The highest BCUT2D eigenvalue weighted by molar-refractivity contribution is 5.52. The van der Waals surface area contributed by atoms with Gasteiger partial charge >= 0.3 is 0 Å². The molecule has 14 heavy (non-hydrogen) atoms. The lowest BCUT2D eigenvalue weighted by molar-refractivity contribution is 0.624. The van der Waals surface area contributed by atoms with Crippen molar-refractivity contribution < 1.29 is 4.39 Å². The summed E-state index contributed by atoms with van der Waals surface area (Å²) in [5.74, 6) is -0.165. The summed E-state index contributed by atoms with van der Waals surface area (Å²) < 4.78 is 13.0. The summed E-state index contributed by atoms with van der Waals surface area (Å²) in [5, 5.41) is 3.06. The fraction of sp³-hybridized carbons (Fsp3) is 0.455. The Morgan fingerprint density at radius 1 is 1.36 bits per heavy atom. The molecular weight excluding hydrogens is 179 g/mol. The third kappa shape index (κ3) is 2.70. The van der Waals surface area contributed by atoms with Gasteiger partial charge in [-0.15, -0.1) is 0 Å². The van der Waals surface area contributed by atoms with Crippen LogP contribution in [0.5, 0.6) is 0 Å². The molecule has 1 aromatic carbocycles. The summed E-state index contributed by atoms with van der Waals surface area (Å²) >= 11 is 0. The van der Waals surface area contributed by atoms with E-state index in [0.29, 0.717) is 0 Å². The summed E-state index contributed by atoms with van der Waals surface area (Å²) in [4.78, 5) is 2.00. The zero-order chi connectivity index (χ0) is 10.6. The van der Waals surface area contributed by atoms with Crippen LogP contribution in [0, 0.1) is 5.82 Å². The Kier molecular flexibility index (Phi) is 3.89. The Morgan fingerprint density at radius 2 is 2.07 bits per heavy atom. The van der Waals surface area contributed by atoms with E-state index in [9.17, 15) is 4.39 Å². The molecule has 0 aliphatic carbocycles. The number of nitrogens with one attached hydrogen (secondary N) is 1. The van der Waals surface area contributed by atoms with Crippen molar-refractivity contribution in [1.82, 2.24) is 5.32 Å². The van der Waals surface area contributed by atoms with Crippen LogP contribution >= 0.6 is 0 Å². The van der Waals surface area contributed by atoms with Crippen molar-refractivity contribution in [3.8, 4) is 0 Å². The predicted molar refractivity (Wildman–Crippen MR) is 58.4 cm³/mol. The van der Waals surface area contributed by atoms with Crippen LogP contribution in [-0.2, 0) is 6.42 Å². The largest absolute Gasteiger partial charge is 0.377 e. The van der Waals surface area contributed by atoms with Gasteiger partial charge in [0, 0.05) is 19.8 Å². The van der Waals surface area contributed by atoms with Crippen molar-refractivity contribution >= 4 is 5.69 Å². The normalized spacial score (nSPS) is 10.3. The topological polar surface area (TPSA) is 15.3 Å². The number of hydrogen-bond acceptors (Lipinski definition) is 2. The first kappa shape index (κ1) is 11.0. The minimum Gasteiger partial charge on any atom is -0.377 e. The minimum atomic E-state index is -0.165. The third-order valence-corrected chi connectivity index (χ3v) is 2.17. The SMILES string of the molecule is CNCCc1cc(F)ccc1N(C)C. The van der Waals surface area contributed by atoms with Gasteiger partial charge in [0.1, 0.15) is 5.82 Å². The quantitative estimate of drug-likeness (QED) is 0.787. The molecule has 0 unspecified atom stereocenters. The molecule has 78 valence electrons. The van der Waals surface area contributed by atoms with Gasteiger partial charge in [0.2, 0.25) is 0 Å². The van der Waals surface area contributed by atoms with Gasteiger partial charge in [-0.25, -0.2) is 4.39 Å². The highest BCUT2D eigenvalue weighted by atomic mass is 19.1. The van der Waals surface area contributed by atoms with Crippen molar-refractivity contribution in [2.24, 2.45) is 0 Å². The summed E-state index contributed by atoms with van der Waals surface area (Å²) in [6.45, 7) is 0.865. The van der Waals surface area contributed by atoms with Gasteiger partial charge in [-0.3, -0.25) is 0 Å². The van der Waals surface area contributed by atoms with Crippen LogP contribution < -0.4 is 10.2 Å². The van der Waals surface area contributed by atoms with Crippen LogP contribution in [0.4, 0.5) is 10.1 Å². The van der Waals surface area contributed by atoms with Crippen LogP contribution in [0.3, 0.4) is 0 Å². The molecule has 1 rings (SSSR count). The number of rotatable bonds is 4. The van der Waals surface area contributed by atoms with E-state index in [2.05, 4.69) is 5.32 Å².